The van der Waals surface area contributed by atoms with Crippen LogP contribution in [0.4, 0.5) is 9.59 Å². The first-order valence-corrected chi connectivity index (χ1v) is 9.85. The third kappa shape index (κ3) is 4.95. The Labute approximate surface area is 167 Å². The van der Waals surface area contributed by atoms with Gasteiger partial charge in [-0.05, 0) is 33.3 Å². The first-order chi connectivity index (χ1) is 13.2. The lowest BCUT2D eigenvalue weighted by atomic mass is 9.89. The van der Waals surface area contributed by atoms with Crippen molar-refractivity contribution in [1.29, 1.82) is 0 Å². The van der Waals surface area contributed by atoms with E-state index < -0.39 is 5.60 Å². The van der Waals surface area contributed by atoms with E-state index in [0.717, 1.165) is 18.7 Å². The highest BCUT2D eigenvalue weighted by Crippen LogP contribution is 2.30. The van der Waals surface area contributed by atoms with Crippen LogP contribution >= 0.6 is 0 Å². The minimum Gasteiger partial charge on any atom is -0.445 e. The normalized spacial score (nSPS) is 19.7. The molecule has 0 aromatic heterocycles. The predicted octanol–water partition coefficient (Wildman–Crippen LogP) is 2.95. The first-order valence-electron chi connectivity index (χ1n) is 9.85. The van der Waals surface area contributed by atoms with E-state index >= 15 is 0 Å². The summed E-state index contributed by atoms with van der Waals surface area (Å²) in [4.78, 5) is 30.3. The van der Waals surface area contributed by atoms with Crippen molar-refractivity contribution >= 4 is 12.2 Å². The van der Waals surface area contributed by atoms with Gasteiger partial charge in [0.25, 0.3) is 0 Å². The summed E-state index contributed by atoms with van der Waals surface area (Å²) in [6.45, 7) is 12.2. The summed E-state index contributed by atoms with van der Waals surface area (Å²) in [6.07, 6.45) is -0.522. The molecule has 2 saturated heterocycles. The number of hydrogen-bond acceptors (Lipinski definition) is 5. The molecule has 154 valence electrons. The van der Waals surface area contributed by atoms with Crippen LogP contribution in [0.1, 0.15) is 33.3 Å². The molecule has 2 fully saturated rings. The zero-order valence-corrected chi connectivity index (χ0v) is 17.3. The Morgan fingerprint density at radius 2 is 1.57 bits per heavy atom. The van der Waals surface area contributed by atoms with Gasteiger partial charge in [-0.3, -0.25) is 4.90 Å². The van der Waals surface area contributed by atoms with Crippen LogP contribution < -0.4 is 0 Å². The van der Waals surface area contributed by atoms with Crippen molar-refractivity contribution in [3.63, 3.8) is 0 Å². The van der Waals surface area contributed by atoms with Crippen LogP contribution in [0.3, 0.4) is 0 Å². The largest absolute Gasteiger partial charge is 0.445 e. The molecular formula is C21H31N3O4. The Morgan fingerprint density at radius 3 is 2.14 bits per heavy atom. The monoisotopic (exact) mass is 389 g/mol. The number of ether oxygens (including phenoxy) is 2. The molecule has 28 heavy (non-hydrogen) atoms. The van der Waals surface area contributed by atoms with Gasteiger partial charge < -0.3 is 19.3 Å². The van der Waals surface area contributed by atoms with Gasteiger partial charge >= 0.3 is 12.2 Å². The van der Waals surface area contributed by atoms with E-state index in [4.69, 9.17) is 9.47 Å². The van der Waals surface area contributed by atoms with E-state index in [-0.39, 0.29) is 17.7 Å². The summed E-state index contributed by atoms with van der Waals surface area (Å²) in [7, 11) is 0. The molecule has 2 amide bonds. The third-order valence-electron chi connectivity index (χ3n) is 5.22. The summed E-state index contributed by atoms with van der Waals surface area (Å²) < 4.78 is 10.9. The first kappa shape index (κ1) is 20.5. The molecule has 0 radical (unpaired) electrons. The van der Waals surface area contributed by atoms with Crippen molar-refractivity contribution in [2.75, 3.05) is 39.3 Å². The molecule has 0 N–H and O–H groups in total. The zero-order valence-electron chi connectivity index (χ0n) is 17.3. The molecule has 1 aromatic rings. The molecule has 0 saturated carbocycles. The Bertz CT molecular complexity index is 687. The van der Waals surface area contributed by atoms with E-state index in [1.165, 1.54) is 0 Å². The molecule has 3 rings (SSSR count). The zero-order chi connectivity index (χ0) is 20.4. The second-order valence-corrected chi connectivity index (χ2v) is 8.85. The maximum absolute atomic E-state index is 12.3. The van der Waals surface area contributed by atoms with Gasteiger partial charge in [0.1, 0.15) is 12.2 Å². The third-order valence-corrected chi connectivity index (χ3v) is 5.22. The number of nitrogens with zero attached hydrogens (tertiary/aromatic N) is 3. The Morgan fingerprint density at radius 1 is 0.964 bits per heavy atom. The Hall–Kier alpha value is -2.28. The molecule has 0 aliphatic carbocycles. The smallest absolute Gasteiger partial charge is 0.410 e. The van der Waals surface area contributed by atoms with Crippen LogP contribution in [0.25, 0.3) is 0 Å². The van der Waals surface area contributed by atoms with Crippen molar-refractivity contribution in [1.82, 2.24) is 14.7 Å². The molecular weight excluding hydrogens is 358 g/mol. The van der Waals surface area contributed by atoms with Crippen LogP contribution in [-0.4, -0.2) is 77.3 Å². The topological polar surface area (TPSA) is 62.3 Å². The Kier molecular flexibility index (Phi) is 5.84. The second kappa shape index (κ2) is 7.99. The number of carbonyl (C=O) groups excluding carboxylic acids is 2. The molecule has 2 heterocycles. The quantitative estimate of drug-likeness (QED) is 0.795. The van der Waals surface area contributed by atoms with Gasteiger partial charge in [-0.15, -0.1) is 0 Å². The standard InChI is InChI=1S/C21H31N3O4/c1-20(2,3)28-19(26)23-15-21(4,16-23)24-12-10-22(11-13-24)18(25)27-14-17-8-6-5-7-9-17/h5-9H,10-16H2,1-4H3. The molecule has 7 nitrogen and oxygen atoms in total. The van der Waals surface area contributed by atoms with Crippen LogP contribution in [-0.2, 0) is 16.1 Å². The molecule has 1 aromatic carbocycles. The number of rotatable bonds is 3. The summed E-state index contributed by atoms with van der Waals surface area (Å²) in [5.41, 5.74) is 0.449. The van der Waals surface area contributed by atoms with Crippen molar-refractivity contribution in [3.05, 3.63) is 35.9 Å². The van der Waals surface area contributed by atoms with Crippen molar-refractivity contribution in [3.8, 4) is 0 Å². The fourth-order valence-electron chi connectivity index (χ4n) is 3.67. The molecule has 2 aliphatic heterocycles. The SMILES string of the molecule is CC(C)(C)OC(=O)N1CC(C)(N2CCN(C(=O)OCc3ccccc3)CC2)C1. The second-order valence-electron chi connectivity index (χ2n) is 8.85. The van der Waals surface area contributed by atoms with Gasteiger partial charge in [0.2, 0.25) is 0 Å². The highest BCUT2D eigenvalue weighted by Gasteiger charge is 2.47. The summed E-state index contributed by atoms with van der Waals surface area (Å²) >= 11 is 0. The summed E-state index contributed by atoms with van der Waals surface area (Å²) in [5, 5.41) is 0. The summed E-state index contributed by atoms with van der Waals surface area (Å²) in [6, 6.07) is 9.69. The fraction of sp³-hybridized carbons (Fsp3) is 0.619. The number of carbonyl (C=O) groups is 2. The maximum atomic E-state index is 12.3. The number of hydrogen-bond donors (Lipinski definition) is 0. The lowest BCUT2D eigenvalue weighted by Crippen LogP contribution is -2.72. The van der Waals surface area contributed by atoms with Crippen LogP contribution in [0, 0.1) is 0 Å². The average molecular weight is 389 g/mol. The van der Waals surface area contributed by atoms with Crippen molar-refractivity contribution < 1.29 is 19.1 Å². The maximum Gasteiger partial charge on any atom is 0.410 e. The molecule has 7 heteroatoms. The van der Waals surface area contributed by atoms with E-state index in [2.05, 4.69) is 11.8 Å². The van der Waals surface area contributed by atoms with Gasteiger partial charge in [0, 0.05) is 39.3 Å². The minimum absolute atomic E-state index is 0.0586. The van der Waals surface area contributed by atoms with E-state index in [0.29, 0.717) is 32.8 Å². The van der Waals surface area contributed by atoms with Crippen molar-refractivity contribution in [2.45, 2.75) is 45.4 Å². The number of benzene rings is 1. The van der Waals surface area contributed by atoms with E-state index in [9.17, 15) is 9.59 Å². The molecule has 2 aliphatic rings. The number of amides is 2. The van der Waals surface area contributed by atoms with Gasteiger partial charge in [-0.25, -0.2) is 9.59 Å². The predicted molar refractivity (Wildman–Crippen MR) is 106 cm³/mol. The van der Waals surface area contributed by atoms with Gasteiger partial charge in [-0.2, -0.15) is 0 Å². The lowest BCUT2D eigenvalue weighted by molar-refractivity contribution is -0.0680. The van der Waals surface area contributed by atoms with Crippen LogP contribution in [0.15, 0.2) is 30.3 Å². The van der Waals surface area contributed by atoms with E-state index in [1.807, 2.05) is 51.1 Å². The van der Waals surface area contributed by atoms with Gasteiger partial charge in [0.15, 0.2) is 0 Å². The van der Waals surface area contributed by atoms with Gasteiger partial charge in [-0.1, -0.05) is 30.3 Å². The van der Waals surface area contributed by atoms with Crippen LogP contribution in [0.5, 0.6) is 0 Å². The highest BCUT2D eigenvalue weighted by atomic mass is 16.6. The molecule has 0 spiro atoms. The highest BCUT2D eigenvalue weighted by molar-refractivity contribution is 5.70. The van der Waals surface area contributed by atoms with E-state index in [1.54, 1.807) is 9.80 Å². The average Bonchev–Trinajstić information content (AvgIpc) is 2.63. The minimum atomic E-state index is -0.477. The Balaban J connectivity index is 1.41. The molecule has 0 atom stereocenters. The number of likely N-dealkylation sites (tertiary alicyclic amines) is 1. The van der Waals surface area contributed by atoms with Crippen molar-refractivity contribution in [2.24, 2.45) is 0 Å². The molecule has 0 unspecified atom stereocenters. The van der Waals surface area contributed by atoms with Gasteiger partial charge in [0.05, 0.1) is 5.54 Å². The number of piperazine rings is 1. The summed E-state index contributed by atoms with van der Waals surface area (Å²) in [5.74, 6) is 0. The van der Waals surface area contributed by atoms with Crippen LogP contribution in [0.2, 0.25) is 0 Å². The molecule has 0 bridgehead atoms. The fourth-order valence-corrected chi connectivity index (χ4v) is 3.67. The lowest BCUT2D eigenvalue weighted by Gasteiger charge is -2.55.